The molecule has 0 radical (unpaired) electrons. The molecule has 7 heteroatoms. The number of nitrogens with zero attached hydrogens (tertiary/aromatic N) is 1. The number of guanidine groups is 1. The maximum Gasteiger partial charge on any atom is 0.185 e. The highest BCUT2D eigenvalue weighted by Gasteiger charge is 1.95. The van der Waals surface area contributed by atoms with E-state index in [2.05, 4.69) is 20.9 Å². The first-order chi connectivity index (χ1) is 8.18. The maximum absolute atomic E-state index is 5.58. The molecule has 0 spiro atoms. The van der Waals surface area contributed by atoms with E-state index in [-0.39, 0.29) is 29.9 Å². The van der Waals surface area contributed by atoms with Crippen molar-refractivity contribution in [3.8, 4) is 5.75 Å². The standard InChI is InChI=1S/C11H16BrN3OS.HI/c12-9-2-1-3-10(8-9)16-5-7-17-6-4-15-11(13)14;/h1-3,8H,4-7H2,(H4,13,14,15);1H. The van der Waals surface area contributed by atoms with Gasteiger partial charge < -0.3 is 16.2 Å². The summed E-state index contributed by atoms with van der Waals surface area (Å²) in [5.74, 6) is 2.85. The highest BCUT2D eigenvalue weighted by molar-refractivity contribution is 14.0. The molecule has 102 valence electrons. The number of rotatable bonds is 7. The molecule has 0 fully saturated rings. The Labute approximate surface area is 137 Å². The van der Waals surface area contributed by atoms with E-state index in [1.165, 1.54) is 0 Å². The van der Waals surface area contributed by atoms with E-state index >= 15 is 0 Å². The van der Waals surface area contributed by atoms with Crippen LogP contribution in [0.25, 0.3) is 0 Å². The molecule has 0 bridgehead atoms. The zero-order valence-electron chi connectivity index (χ0n) is 9.84. The van der Waals surface area contributed by atoms with Crippen molar-refractivity contribution >= 4 is 57.6 Å². The normalized spacial score (nSPS) is 9.39. The summed E-state index contributed by atoms with van der Waals surface area (Å²) in [4.78, 5) is 3.90. The van der Waals surface area contributed by atoms with Gasteiger partial charge in [0.2, 0.25) is 0 Å². The molecule has 1 aromatic carbocycles. The summed E-state index contributed by atoms with van der Waals surface area (Å²) in [5, 5.41) is 0. The highest BCUT2D eigenvalue weighted by atomic mass is 127. The van der Waals surface area contributed by atoms with Gasteiger partial charge in [0.05, 0.1) is 13.2 Å². The molecule has 0 aliphatic rings. The van der Waals surface area contributed by atoms with Crippen molar-refractivity contribution < 1.29 is 4.74 Å². The van der Waals surface area contributed by atoms with E-state index < -0.39 is 0 Å². The van der Waals surface area contributed by atoms with Crippen molar-refractivity contribution in [2.75, 3.05) is 24.7 Å². The van der Waals surface area contributed by atoms with Crippen molar-refractivity contribution in [3.05, 3.63) is 28.7 Å². The van der Waals surface area contributed by atoms with Gasteiger partial charge in [-0.3, -0.25) is 4.99 Å². The molecule has 4 N–H and O–H groups in total. The lowest BCUT2D eigenvalue weighted by atomic mass is 10.3. The Kier molecular flexibility index (Phi) is 10.7. The largest absolute Gasteiger partial charge is 0.493 e. The van der Waals surface area contributed by atoms with Gasteiger partial charge >= 0.3 is 0 Å². The lowest BCUT2D eigenvalue weighted by molar-refractivity contribution is 0.344. The summed E-state index contributed by atoms with van der Waals surface area (Å²) < 4.78 is 6.60. The minimum absolute atomic E-state index is 0. The fraction of sp³-hybridized carbons (Fsp3) is 0.364. The van der Waals surface area contributed by atoms with E-state index in [9.17, 15) is 0 Å². The minimum Gasteiger partial charge on any atom is -0.493 e. The summed E-state index contributed by atoms with van der Waals surface area (Å²) in [6.45, 7) is 1.34. The molecule has 18 heavy (non-hydrogen) atoms. The van der Waals surface area contributed by atoms with Crippen molar-refractivity contribution in [3.63, 3.8) is 0 Å². The number of hydrogen-bond acceptors (Lipinski definition) is 3. The Morgan fingerprint density at radius 3 is 2.78 bits per heavy atom. The van der Waals surface area contributed by atoms with Gasteiger partial charge in [0, 0.05) is 16.0 Å². The van der Waals surface area contributed by atoms with Gasteiger partial charge in [-0.05, 0) is 18.2 Å². The molecule has 0 heterocycles. The van der Waals surface area contributed by atoms with Crippen LogP contribution in [0.2, 0.25) is 0 Å². The smallest absolute Gasteiger partial charge is 0.185 e. The third-order valence-electron chi connectivity index (χ3n) is 1.82. The Bertz CT molecular complexity index is 375. The van der Waals surface area contributed by atoms with Gasteiger partial charge in [-0.1, -0.05) is 22.0 Å². The van der Waals surface area contributed by atoms with Crippen LogP contribution in [0.1, 0.15) is 0 Å². The number of thioether (sulfide) groups is 1. The predicted octanol–water partition coefficient (Wildman–Crippen LogP) is 2.45. The first-order valence-electron chi connectivity index (χ1n) is 5.20. The molecule has 0 atom stereocenters. The van der Waals surface area contributed by atoms with Crippen LogP contribution in [0.15, 0.2) is 33.7 Å². The third kappa shape index (κ3) is 8.87. The lowest BCUT2D eigenvalue weighted by Gasteiger charge is -2.05. The predicted molar refractivity (Wildman–Crippen MR) is 93.1 cm³/mol. The highest BCUT2D eigenvalue weighted by Crippen LogP contribution is 2.17. The molecule has 0 unspecified atom stereocenters. The van der Waals surface area contributed by atoms with Crippen LogP contribution in [0.5, 0.6) is 5.75 Å². The van der Waals surface area contributed by atoms with Gasteiger partial charge in [-0.25, -0.2) is 0 Å². The van der Waals surface area contributed by atoms with Crippen molar-refractivity contribution in [2.24, 2.45) is 16.5 Å². The van der Waals surface area contributed by atoms with Crippen LogP contribution < -0.4 is 16.2 Å². The molecule has 0 aromatic heterocycles. The number of hydrogen-bond donors (Lipinski definition) is 2. The average Bonchev–Trinajstić information content (AvgIpc) is 2.27. The second-order valence-electron chi connectivity index (χ2n) is 3.22. The van der Waals surface area contributed by atoms with Crippen LogP contribution in [0.3, 0.4) is 0 Å². The first-order valence-corrected chi connectivity index (χ1v) is 7.15. The molecule has 4 nitrogen and oxygen atoms in total. The Balaban J connectivity index is 0.00000289. The summed E-state index contributed by atoms with van der Waals surface area (Å²) >= 11 is 5.16. The monoisotopic (exact) mass is 445 g/mol. The fourth-order valence-corrected chi connectivity index (χ4v) is 2.12. The average molecular weight is 446 g/mol. The van der Waals surface area contributed by atoms with Crippen molar-refractivity contribution in [1.29, 1.82) is 0 Å². The first kappa shape index (κ1) is 17.8. The van der Waals surface area contributed by atoms with Crippen LogP contribution in [-0.4, -0.2) is 30.6 Å². The van der Waals surface area contributed by atoms with E-state index in [0.717, 1.165) is 21.7 Å². The Hall–Kier alpha value is -0.150. The van der Waals surface area contributed by atoms with Crippen molar-refractivity contribution in [2.45, 2.75) is 0 Å². The minimum atomic E-state index is 0. The van der Waals surface area contributed by atoms with Gasteiger partial charge in [-0.15, -0.1) is 24.0 Å². The van der Waals surface area contributed by atoms with E-state index in [0.29, 0.717) is 13.2 Å². The zero-order chi connectivity index (χ0) is 12.5. The van der Waals surface area contributed by atoms with Crippen LogP contribution >= 0.6 is 51.7 Å². The molecule has 0 saturated heterocycles. The van der Waals surface area contributed by atoms with Gasteiger partial charge in [-0.2, -0.15) is 11.8 Å². The summed E-state index contributed by atoms with van der Waals surface area (Å²) in [6.07, 6.45) is 0. The van der Waals surface area contributed by atoms with Crippen molar-refractivity contribution in [1.82, 2.24) is 0 Å². The SMILES string of the molecule is I.NC(N)=NCCSCCOc1cccc(Br)c1. The second-order valence-corrected chi connectivity index (χ2v) is 5.37. The molecule has 1 rings (SSSR count). The molecule has 0 aliphatic carbocycles. The maximum atomic E-state index is 5.58. The summed E-state index contributed by atoms with van der Waals surface area (Å²) in [5.41, 5.74) is 10.4. The molecular weight excluding hydrogens is 429 g/mol. The summed E-state index contributed by atoms with van der Waals surface area (Å²) in [6, 6.07) is 7.81. The second kappa shape index (κ2) is 10.7. The van der Waals surface area contributed by atoms with E-state index in [1.807, 2.05) is 24.3 Å². The fourth-order valence-electron chi connectivity index (χ4n) is 1.12. The number of nitrogens with two attached hydrogens (primary N) is 2. The van der Waals surface area contributed by atoms with Gasteiger partial charge in [0.25, 0.3) is 0 Å². The molecule has 0 saturated carbocycles. The van der Waals surface area contributed by atoms with Crippen LogP contribution in [0, 0.1) is 0 Å². The van der Waals surface area contributed by atoms with Crippen LogP contribution in [0.4, 0.5) is 0 Å². The number of ether oxygens (including phenoxy) is 1. The summed E-state index contributed by atoms with van der Waals surface area (Å²) in [7, 11) is 0. The molecule has 1 aromatic rings. The molecular formula is C11H17BrIN3OS. The van der Waals surface area contributed by atoms with Crippen LogP contribution in [-0.2, 0) is 0 Å². The Morgan fingerprint density at radius 2 is 2.11 bits per heavy atom. The number of benzene rings is 1. The topological polar surface area (TPSA) is 73.6 Å². The third-order valence-corrected chi connectivity index (χ3v) is 3.24. The van der Waals surface area contributed by atoms with E-state index in [1.54, 1.807) is 11.8 Å². The van der Waals surface area contributed by atoms with Gasteiger partial charge in [0.1, 0.15) is 5.75 Å². The number of aliphatic imine (C=N–C) groups is 1. The number of halogens is 2. The zero-order valence-corrected chi connectivity index (χ0v) is 14.6. The quantitative estimate of drug-likeness (QED) is 0.292. The Morgan fingerprint density at radius 1 is 1.33 bits per heavy atom. The van der Waals surface area contributed by atoms with Gasteiger partial charge in [0.15, 0.2) is 5.96 Å². The van der Waals surface area contributed by atoms with E-state index in [4.69, 9.17) is 16.2 Å². The molecule has 0 amide bonds. The molecule has 0 aliphatic heterocycles. The lowest BCUT2D eigenvalue weighted by Crippen LogP contribution is -2.23.